The molecular weight excluding hydrogens is 507 g/mol. The van der Waals surface area contributed by atoms with E-state index in [1.807, 2.05) is 0 Å². The molecule has 206 valence electrons. The lowest BCUT2D eigenvalue weighted by Crippen LogP contribution is -2.61. The van der Waals surface area contributed by atoms with Crippen molar-refractivity contribution in [3.05, 3.63) is 125 Å². The third kappa shape index (κ3) is 3.94. The van der Waals surface area contributed by atoms with Crippen LogP contribution < -0.4 is 26.2 Å². The molecule has 5 aromatic rings. The maximum Gasteiger partial charge on any atom is 0.252 e. The van der Waals surface area contributed by atoms with Crippen molar-refractivity contribution in [1.82, 2.24) is 0 Å². The van der Waals surface area contributed by atoms with Gasteiger partial charge in [-0.25, -0.2) is 0 Å². The highest BCUT2D eigenvalue weighted by molar-refractivity contribution is 7.00. The van der Waals surface area contributed by atoms with Gasteiger partial charge in [-0.15, -0.1) is 0 Å². The smallest absolute Gasteiger partial charge is 0.252 e. The van der Waals surface area contributed by atoms with Gasteiger partial charge in [-0.05, 0) is 115 Å². The number of rotatable bonds is 3. The zero-order valence-corrected chi connectivity index (χ0v) is 24.9. The molecule has 0 atom stereocenters. The maximum atomic E-state index is 2.59. The van der Waals surface area contributed by atoms with E-state index >= 15 is 0 Å². The van der Waals surface area contributed by atoms with E-state index in [4.69, 9.17) is 0 Å². The first-order chi connectivity index (χ1) is 20.6. The fourth-order valence-electron chi connectivity index (χ4n) is 7.84. The summed E-state index contributed by atoms with van der Waals surface area (Å²) >= 11 is 0. The van der Waals surface area contributed by atoms with Crippen LogP contribution in [0.3, 0.4) is 0 Å². The Labute approximate surface area is 250 Å². The lowest BCUT2D eigenvalue weighted by molar-refractivity contribution is 0.444. The highest BCUT2D eigenvalue weighted by Gasteiger charge is 2.43. The van der Waals surface area contributed by atoms with E-state index < -0.39 is 0 Å². The van der Waals surface area contributed by atoms with Crippen molar-refractivity contribution in [2.45, 2.75) is 58.8 Å². The first-order valence-corrected chi connectivity index (χ1v) is 15.7. The molecular formula is C39H37BN2. The normalized spacial score (nSPS) is 15.7. The minimum Gasteiger partial charge on any atom is -0.311 e. The molecule has 3 aliphatic rings. The molecule has 1 fully saturated rings. The van der Waals surface area contributed by atoms with E-state index in [1.54, 1.807) is 0 Å². The van der Waals surface area contributed by atoms with Crippen LogP contribution in [-0.2, 0) is 0 Å². The van der Waals surface area contributed by atoms with Crippen LogP contribution in [0.5, 0.6) is 0 Å². The number of aryl methyl sites for hydroxylation is 3. The average Bonchev–Trinajstić information content (AvgIpc) is 3.03. The molecule has 0 unspecified atom stereocenters. The van der Waals surface area contributed by atoms with Gasteiger partial charge >= 0.3 is 0 Å². The number of anilines is 6. The number of fused-ring (bicyclic) bond motifs is 4. The van der Waals surface area contributed by atoms with Crippen LogP contribution in [0.2, 0.25) is 0 Å². The van der Waals surface area contributed by atoms with Crippen LogP contribution in [0.1, 0.15) is 60.3 Å². The molecule has 1 saturated carbocycles. The fourth-order valence-corrected chi connectivity index (χ4v) is 7.84. The topological polar surface area (TPSA) is 6.48 Å². The summed E-state index contributed by atoms with van der Waals surface area (Å²) < 4.78 is 0. The van der Waals surface area contributed by atoms with Crippen molar-refractivity contribution in [1.29, 1.82) is 0 Å². The molecule has 5 aromatic carbocycles. The molecule has 0 aromatic heterocycles. The highest BCUT2D eigenvalue weighted by atomic mass is 15.2. The van der Waals surface area contributed by atoms with Gasteiger partial charge in [0.05, 0.1) is 0 Å². The van der Waals surface area contributed by atoms with Gasteiger partial charge in [0.25, 0.3) is 6.71 Å². The number of nitrogens with zero attached hydrogens (tertiary/aromatic N) is 2. The Balaban J connectivity index is 1.49. The van der Waals surface area contributed by atoms with Crippen LogP contribution in [0, 0.1) is 20.8 Å². The summed E-state index contributed by atoms with van der Waals surface area (Å²) in [6, 6.07) is 39.2. The second kappa shape index (κ2) is 9.95. The van der Waals surface area contributed by atoms with E-state index in [2.05, 4.69) is 134 Å². The Morgan fingerprint density at radius 3 is 2.02 bits per heavy atom. The second-order valence-electron chi connectivity index (χ2n) is 12.7. The van der Waals surface area contributed by atoms with Crippen molar-refractivity contribution in [3.63, 3.8) is 0 Å². The van der Waals surface area contributed by atoms with Crippen LogP contribution in [0.4, 0.5) is 34.1 Å². The Hall–Kier alpha value is -4.24. The first kappa shape index (κ1) is 25.5. The third-order valence-corrected chi connectivity index (χ3v) is 9.85. The third-order valence-electron chi connectivity index (χ3n) is 9.85. The van der Waals surface area contributed by atoms with E-state index in [-0.39, 0.29) is 6.71 Å². The van der Waals surface area contributed by atoms with Crippen LogP contribution >= 0.6 is 0 Å². The summed E-state index contributed by atoms with van der Waals surface area (Å²) in [4.78, 5) is 5.13. The second-order valence-corrected chi connectivity index (χ2v) is 12.7. The van der Waals surface area contributed by atoms with Crippen LogP contribution in [0.25, 0.3) is 0 Å². The number of hydrogen-bond donors (Lipinski definition) is 0. The summed E-state index contributed by atoms with van der Waals surface area (Å²) in [7, 11) is 0. The van der Waals surface area contributed by atoms with Gasteiger partial charge in [-0.2, -0.15) is 0 Å². The molecule has 0 radical (unpaired) electrons. The first-order valence-electron chi connectivity index (χ1n) is 15.7. The number of benzene rings is 5. The van der Waals surface area contributed by atoms with Crippen molar-refractivity contribution in [3.8, 4) is 0 Å². The number of hydrogen-bond acceptors (Lipinski definition) is 2. The molecule has 0 spiro atoms. The molecule has 0 bridgehead atoms. The minimum absolute atomic E-state index is 0.183. The molecule has 0 N–H and O–H groups in total. The van der Waals surface area contributed by atoms with Crippen molar-refractivity contribution >= 4 is 57.2 Å². The quantitative estimate of drug-likeness (QED) is 0.205. The average molecular weight is 545 g/mol. The number of para-hydroxylation sites is 2. The maximum absolute atomic E-state index is 2.59. The zero-order chi connectivity index (χ0) is 28.4. The molecule has 0 amide bonds. The summed E-state index contributed by atoms with van der Waals surface area (Å²) in [5.41, 5.74) is 17.4. The molecule has 1 aliphatic carbocycles. The highest BCUT2D eigenvalue weighted by Crippen LogP contribution is 2.47. The van der Waals surface area contributed by atoms with E-state index in [9.17, 15) is 0 Å². The Kier molecular flexibility index (Phi) is 6.03. The predicted octanol–water partition coefficient (Wildman–Crippen LogP) is 8.74. The minimum atomic E-state index is 0.183. The van der Waals surface area contributed by atoms with Gasteiger partial charge in [0.15, 0.2) is 0 Å². The molecule has 0 saturated heterocycles. The predicted molar refractivity (Wildman–Crippen MR) is 181 cm³/mol. The Bertz CT molecular complexity index is 1820. The standard InChI is InChI=1S/C39H37BN2/c1-26-19-21-35-33(22-26)40-32-16-10-11-17-34(32)41(31-14-8-5-9-15-31)37-24-30(29-12-6-4-7-13-29)25-38(39(37)40)42(35)36-23-27(2)18-20-28(36)3/h5,8-11,14-25,29H,4,6-7,12-13H2,1-3H3. The molecule has 8 rings (SSSR count). The van der Waals surface area contributed by atoms with E-state index in [0.717, 1.165) is 0 Å². The van der Waals surface area contributed by atoms with Gasteiger partial charge in [-0.3, -0.25) is 0 Å². The van der Waals surface area contributed by atoms with Crippen molar-refractivity contribution in [2.75, 3.05) is 9.80 Å². The van der Waals surface area contributed by atoms with Gasteiger partial charge in [0.2, 0.25) is 0 Å². The SMILES string of the molecule is Cc1ccc2c(c1)B1c3ccccc3N(c3ccccc3)c3cc(C4CCCCC4)cc(c31)N2c1cc(C)ccc1C. The van der Waals surface area contributed by atoms with Crippen molar-refractivity contribution in [2.24, 2.45) is 0 Å². The fraction of sp³-hybridized carbons (Fsp3) is 0.231. The van der Waals surface area contributed by atoms with Crippen LogP contribution in [0.15, 0.2) is 103 Å². The summed E-state index contributed by atoms with van der Waals surface area (Å²) in [5.74, 6) is 0.605. The molecule has 2 aliphatic heterocycles. The Morgan fingerprint density at radius 1 is 0.548 bits per heavy atom. The van der Waals surface area contributed by atoms with E-state index in [1.165, 1.54) is 105 Å². The summed E-state index contributed by atoms with van der Waals surface area (Å²) in [6.45, 7) is 6.89. The van der Waals surface area contributed by atoms with Crippen LogP contribution in [-0.4, -0.2) is 6.71 Å². The summed E-state index contributed by atoms with van der Waals surface area (Å²) in [6.07, 6.45) is 6.58. The van der Waals surface area contributed by atoms with Gasteiger partial charge < -0.3 is 9.80 Å². The summed E-state index contributed by atoms with van der Waals surface area (Å²) in [5, 5.41) is 0. The lowest BCUT2D eigenvalue weighted by atomic mass is 9.33. The van der Waals surface area contributed by atoms with Crippen molar-refractivity contribution < 1.29 is 0 Å². The zero-order valence-electron chi connectivity index (χ0n) is 24.9. The van der Waals surface area contributed by atoms with Gasteiger partial charge in [0.1, 0.15) is 0 Å². The Morgan fingerprint density at radius 2 is 1.21 bits per heavy atom. The van der Waals surface area contributed by atoms with E-state index in [0.29, 0.717) is 5.92 Å². The molecule has 42 heavy (non-hydrogen) atoms. The van der Waals surface area contributed by atoms with Gasteiger partial charge in [0, 0.05) is 34.1 Å². The monoisotopic (exact) mass is 544 g/mol. The lowest BCUT2D eigenvalue weighted by Gasteiger charge is -2.45. The molecule has 3 heteroatoms. The molecule has 2 heterocycles. The van der Waals surface area contributed by atoms with Gasteiger partial charge in [-0.1, -0.05) is 85.5 Å². The largest absolute Gasteiger partial charge is 0.311 e. The molecule has 2 nitrogen and oxygen atoms in total.